The lowest BCUT2D eigenvalue weighted by Gasteiger charge is -2.32. The molecule has 5 rings (SSSR count). The lowest BCUT2D eigenvalue weighted by Crippen LogP contribution is -2.38. The van der Waals surface area contributed by atoms with Crippen molar-refractivity contribution in [1.29, 1.82) is 0 Å². The third-order valence-corrected chi connectivity index (χ3v) is 6.43. The largest absolute Gasteiger partial charge is 0.378 e. The molecule has 4 heterocycles. The van der Waals surface area contributed by atoms with Crippen LogP contribution < -0.4 is 20.4 Å². The lowest BCUT2D eigenvalue weighted by molar-refractivity contribution is -0.120. The lowest BCUT2D eigenvalue weighted by atomic mass is 9.96. The highest BCUT2D eigenvalue weighted by molar-refractivity contribution is 5.92. The smallest absolute Gasteiger partial charge is 0.227 e. The predicted molar refractivity (Wildman–Crippen MR) is 132 cm³/mol. The average molecular weight is 463 g/mol. The Bertz CT molecular complexity index is 1080. The summed E-state index contributed by atoms with van der Waals surface area (Å²) in [7, 11) is 1.87. The van der Waals surface area contributed by atoms with Crippen LogP contribution in [0.4, 0.5) is 28.8 Å². The van der Waals surface area contributed by atoms with Gasteiger partial charge in [0.25, 0.3) is 0 Å². The van der Waals surface area contributed by atoms with Crippen molar-refractivity contribution < 1.29 is 9.53 Å². The minimum atomic E-state index is -0.00564. The monoisotopic (exact) mass is 462 g/mol. The van der Waals surface area contributed by atoms with E-state index >= 15 is 0 Å². The first kappa shape index (κ1) is 22.1. The first-order chi connectivity index (χ1) is 16.7. The fraction of sp³-hybridized carbons (Fsp3) is 0.417. The topological polar surface area (TPSA) is 100 Å². The number of nitrogens with zero attached hydrogens (tertiary/aromatic N) is 6. The molecule has 2 saturated heterocycles. The van der Waals surface area contributed by atoms with Crippen molar-refractivity contribution in [3.8, 4) is 0 Å². The van der Waals surface area contributed by atoms with Crippen molar-refractivity contribution >= 4 is 34.7 Å². The number of anilines is 5. The molecule has 0 unspecified atom stereocenters. The molecule has 2 aromatic heterocycles. The zero-order valence-corrected chi connectivity index (χ0v) is 19.4. The number of aryl methyl sites for hydroxylation is 1. The predicted octanol–water partition coefficient (Wildman–Crippen LogP) is 2.65. The van der Waals surface area contributed by atoms with Crippen molar-refractivity contribution in [2.24, 2.45) is 13.0 Å². The SMILES string of the molecule is Cn1nccc1Nc1ccc(N2CCC(C(=O)Nc3ccc(N4CCOCC4)cc3)CC2)nn1. The highest BCUT2D eigenvalue weighted by atomic mass is 16.5. The molecule has 34 heavy (non-hydrogen) atoms. The molecule has 2 N–H and O–H groups in total. The van der Waals surface area contributed by atoms with E-state index in [2.05, 4.69) is 47.9 Å². The molecular formula is C24H30N8O2. The van der Waals surface area contributed by atoms with Gasteiger partial charge in [-0.1, -0.05) is 0 Å². The molecule has 2 aliphatic rings. The van der Waals surface area contributed by atoms with Crippen molar-refractivity contribution in [3.63, 3.8) is 0 Å². The maximum absolute atomic E-state index is 12.8. The Balaban J connectivity index is 1.11. The highest BCUT2D eigenvalue weighted by Gasteiger charge is 2.26. The minimum Gasteiger partial charge on any atom is -0.378 e. The van der Waals surface area contributed by atoms with Crippen LogP contribution in [0.5, 0.6) is 0 Å². The van der Waals surface area contributed by atoms with Crippen LogP contribution in [0.2, 0.25) is 0 Å². The van der Waals surface area contributed by atoms with Crippen molar-refractivity contribution in [1.82, 2.24) is 20.0 Å². The third-order valence-electron chi connectivity index (χ3n) is 6.43. The Morgan fingerprint density at radius 2 is 1.71 bits per heavy atom. The molecule has 0 radical (unpaired) electrons. The van der Waals surface area contributed by atoms with Gasteiger partial charge in [-0.2, -0.15) is 5.10 Å². The van der Waals surface area contributed by atoms with Crippen LogP contribution in [0.15, 0.2) is 48.7 Å². The maximum Gasteiger partial charge on any atom is 0.227 e. The number of rotatable bonds is 6. The number of piperidine rings is 1. The van der Waals surface area contributed by atoms with Gasteiger partial charge in [-0.15, -0.1) is 10.2 Å². The quantitative estimate of drug-likeness (QED) is 0.577. The van der Waals surface area contributed by atoms with Crippen LogP contribution in [-0.2, 0) is 16.6 Å². The summed E-state index contributed by atoms with van der Waals surface area (Å²) >= 11 is 0. The van der Waals surface area contributed by atoms with Crippen LogP contribution in [0.1, 0.15) is 12.8 Å². The Morgan fingerprint density at radius 3 is 2.35 bits per heavy atom. The second-order valence-corrected chi connectivity index (χ2v) is 8.64. The van der Waals surface area contributed by atoms with Crippen molar-refractivity contribution in [2.45, 2.75) is 12.8 Å². The zero-order valence-electron chi connectivity index (χ0n) is 19.4. The van der Waals surface area contributed by atoms with E-state index in [1.165, 1.54) is 0 Å². The molecule has 10 nitrogen and oxygen atoms in total. The second kappa shape index (κ2) is 10.1. The van der Waals surface area contributed by atoms with Crippen LogP contribution in [0.25, 0.3) is 0 Å². The van der Waals surface area contributed by atoms with Gasteiger partial charge >= 0.3 is 0 Å². The van der Waals surface area contributed by atoms with Crippen LogP contribution in [0.3, 0.4) is 0 Å². The number of benzene rings is 1. The maximum atomic E-state index is 12.8. The second-order valence-electron chi connectivity index (χ2n) is 8.64. The van der Waals surface area contributed by atoms with Gasteiger partial charge < -0.3 is 25.2 Å². The summed E-state index contributed by atoms with van der Waals surface area (Å²) in [5, 5.41) is 19.1. The minimum absolute atomic E-state index is 0.00564. The number of carbonyl (C=O) groups is 1. The van der Waals surface area contributed by atoms with E-state index in [4.69, 9.17) is 4.74 Å². The summed E-state index contributed by atoms with van der Waals surface area (Å²) in [6, 6.07) is 13.8. The molecule has 2 fully saturated rings. The summed E-state index contributed by atoms with van der Waals surface area (Å²) in [6.07, 6.45) is 3.30. The van der Waals surface area contributed by atoms with Crippen LogP contribution in [-0.4, -0.2) is 65.3 Å². The van der Waals surface area contributed by atoms with E-state index in [0.29, 0.717) is 5.82 Å². The third kappa shape index (κ3) is 5.12. The van der Waals surface area contributed by atoms with Crippen LogP contribution >= 0.6 is 0 Å². The molecule has 3 aromatic rings. The van der Waals surface area contributed by atoms with Gasteiger partial charge in [0, 0.05) is 56.6 Å². The average Bonchev–Trinajstić information content (AvgIpc) is 3.29. The number of carbonyl (C=O) groups excluding carboxylic acids is 1. The Hall–Kier alpha value is -3.66. The number of ether oxygens (including phenoxy) is 1. The fourth-order valence-corrected chi connectivity index (χ4v) is 4.38. The number of hydrogen-bond acceptors (Lipinski definition) is 8. The summed E-state index contributed by atoms with van der Waals surface area (Å²) in [5.74, 6) is 2.42. The standard InChI is InChI=1S/C24H30N8O2/c1-30-22(8-11-25-30)27-21-6-7-23(29-28-21)32-12-9-18(10-13-32)24(33)26-19-2-4-20(5-3-19)31-14-16-34-17-15-31/h2-8,11,18H,9-10,12-17H2,1H3,(H,26,33)(H,27,28). The summed E-state index contributed by atoms with van der Waals surface area (Å²) < 4.78 is 7.15. The number of morpholine rings is 1. The van der Waals surface area contributed by atoms with E-state index in [0.717, 1.165) is 75.2 Å². The van der Waals surface area contributed by atoms with E-state index in [-0.39, 0.29) is 11.8 Å². The molecule has 0 bridgehead atoms. The van der Waals surface area contributed by atoms with Gasteiger partial charge in [-0.25, -0.2) is 0 Å². The molecule has 0 spiro atoms. The van der Waals surface area contributed by atoms with E-state index < -0.39 is 0 Å². The van der Waals surface area contributed by atoms with Gasteiger partial charge in [0.2, 0.25) is 5.91 Å². The van der Waals surface area contributed by atoms with E-state index in [9.17, 15) is 4.79 Å². The van der Waals surface area contributed by atoms with E-state index in [1.807, 2.05) is 37.4 Å². The normalized spacial score (nSPS) is 17.0. The summed E-state index contributed by atoms with van der Waals surface area (Å²) in [6.45, 7) is 4.87. The Kier molecular flexibility index (Phi) is 6.57. The van der Waals surface area contributed by atoms with Gasteiger partial charge in [0.05, 0.1) is 19.4 Å². The Labute approximate surface area is 198 Å². The number of nitrogens with one attached hydrogen (secondary N) is 2. The van der Waals surface area contributed by atoms with E-state index in [1.54, 1.807) is 10.9 Å². The Morgan fingerprint density at radius 1 is 0.941 bits per heavy atom. The molecule has 0 aliphatic carbocycles. The number of hydrogen-bond donors (Lipinski definition) is 2. The molecular weight excluding hydrogens is 432 g/mol. The van der Waals surface area contributed by atoms with Gasteiger partial charge in [-0.05, 0) is 49.2 Å². The van der Waals surface area contributed by atoms with Gasteiger partial charge in [0.15, 0.2) is 11.6 Å². The summed E-state index contributed by atoms with van der Waals surface area (Å²) in [4.78, 5) is 17.3. The summed E-state index contributed by atoms with van der Waals surface area (Å²) in [5.41, 5.74) is 2.00. The number of amides is 1. The molecule has 1 amide bonds. The molecule has 10 heteroatoms. The van der Waals surface area contributed by atoms with Crippen LogP contribution in [0, 0.1) is 5.92 Å². The molecule has 0 atom stereocenters. The van der Waals surface area contributed by atoms with Gasteiger partial charge in [0.1, 0.15) is 5.82 Å². The number of aromatic nitrogens is 4. The van der Waals surface area contributed by atoms with Gasteiger partial charge in [-0.3, -0.25) is 9.48 Å². The molecule has 2 aliphatic heterocycles. The van der Waals surface area contributed by atoms with Crippen molar-refractivity contribution in [2.75, 3.05) is 59.8 Å². The van der Waals surface area contributed by atoms with Crippen molar-refractivity contribution in [3.05, 3.63) is 48.7 Å². The first-order valence-electron chi connectivity index (χ1n) is 11.7. The highest BCUT2D eigenvalue weighted by Crippen LogP contribution is 2.25. The molecule has 0 saturated carbocycles. The first-order valence-corrected chi connectivity index (χ1v) is 11.7. The zero-order chi connectivity index (χ0) is 23.3. The molecule has 1 aromatic carbocycles. The molecule has 178 valence electrons. The fourth-order valence-electron chi connectivity index (χ4n) is 4.38.